The standard InChI is InChI=1S/C14H10BrClN2OS/c15-9-1-5-11(6-2-9)17-13(19)14(20)18-12-7-3-10(16)4-8-12/h1-8H,(H,17,19)(H,18,20). The molecule has 0 radical (unpaired) electrons. The molecule has 0 aliphatic rings. The molecule has 2 aromatic carbocycles. The fraction of sp³-hybridized carbons (Fsp3) is 0. The number of benzene rings is 2. The summed E-state index contributed by atoms with van der Waals surface area (Å²) in [6.45, 7) is 0. The Labute approximate surface area is 135 Å². The molecule has 0 saturated carbocycles. The van der Waals surface area contributed by atoms with Crippen molar-refractivity contribution in [2.45, 2.75) is 0 Å². The monoisotopic (exact) mass is 368 g/mol. The van der Waals surface area contributed by atoms with Gasteiger partial charge in [0.15, 0.2) is 4.99 Å². The number of hydrogen-bond acceptors (Lipinski definition) is 2. The molecule has 20 heavy (non-hydrogen) atoms. The largest absolute Gasteiger partial charge is 0.342 e. The Morgan fingerprint density at radius 2 is 1.45 bits per heavy atom. The van der Waals surface area contributed by atoms with Crippen LogP contribution in [0, 0.1) is 0 Å². The first-order valence-electron chi connectivity index (χ1n) is 5.68. The summed E-state index contributed by atoms with van der Waals surface area (Å²) < 4.78 is 0.942. The van der Waals surface area contributed by atoms with Crippen molar-refractivity contribution in [3.8, 4) is 0 Å². The maximum Gasteiger partial charge on any atom is 0.283 e. The number of nitrogens with one attached hydrogen (secondary N) is 2. The van der Waals surface area contributed by atoms with Crippen molar-refractivity contribution in [2.75, 3.05) is 10.6 Å². The molecule has 2 N–H and O–H groups in total. The van der Waals surface area contributed by atoms with Crippen LogP contribution in [0.5, 0.6) is 0 Å². The highest BCUT2D eigenvalue weighted by molar-refractivity contribution is 9.10. The van der Waals surface area contributed by atoms with Gasteiger partial charge in [-0.2, -0.15) is 0 Å². The first kappa shape index (κ1) is 15.0. The summed E-state index contributed by atoms with van der Waals surface area (Å²) in [6.07, 6.45) is 0. The van der Waals surface area contributed by atoms with Crippen LogP contribution in [-0.2, 0) is 4.79 Å². The maximum absolute atomic E-state index is 11.9. The molecule has 0 fully saturated rings. The Hall–Kier alpha value is -1.43. The van der Waals surface area contributed by atoms with Crippen LogP contribution >= 0.6 is 39.7 Å². The minimum absolute atomic E-state index is 0.0928. The van der Waals surface area contributed by atoms with E-state index in [1.165, 1.54) is 0 Å². The van der Waals surface area contributed by atoms with Crippen molar-refractivity contribution < 1.29 is 4.79 Å². The summed E-state index contributed by atoms with van der Waals surface area (Å²) in [6, 6.07) is 14.2. The predicted molar refractivity (Wildman–Crippen MR) is 90.4 cm³/mol. The van der Waals surface area contributed by atoms with Gasteiger partial charge in [-0.25, -0.2) is 0 Å². The van der Waals surface area contributed by atoms with Crippen LogP contribution in [0.3, 0.4) is 0 Å². The molecule has 0 heterocycles. The highest BCUT2D eigenvalue weighted by Gasteiger charge is 2.09. The highest BCUT2D eigenvalue weighted by atomic mass is 79.9. The van der Waals surface area contributed by atoms with E-state index in [9.17, 15) is 4.79 Å². The normalized spacial score (nSPS) is 9.90. The van der Waals surface area contributed by atoms with Crippen LogP contribution in [0.2, 0.25) is 5.02 Å². The maximum atomic E-state index is 11.9. The number of anilines is 2. The third kappa shape index (κ3) is 4.30. The van der Waals surface area contributed by atoms with Gasteiger partial charge in [0.25, 0.3) is 5.91 Å². The molecule has 0 aliphatic carbocycles. The zero-order valence-corrected chi connectivity index (χ0v) is 13.3. The van der Waals surface area contributed by atoms with Gasteiger partial charge in [0.1, 0.15) is 0 Å². The van der Waals surface area contributed by atoms with Crippen LogP contribution in [0.15, 0.2) is 53.0 Å². The van der Waals surface area contributed by atoms with Gasteiger partial charge in [-0.05, 0) is 48.5 Å². The highest BCUT2D eigenvalue weighted by Crippen LogP contribution is 2.15. The molecule has 1 amide bonds. The molecule has 6 heteroatoms. The van der Waals surface area contributed by atoms with E-state index >= 15 is 0 Å². The van der Waals surface area contributed by atoms with Crippen molar-refractivity contribution in [3.05, 3.63) is 58.0 Å². The fourth-order valence-electron chi connectivity index (χ4n) is 1.44. The predicted octanol–water partition coefficient (Wildman–Crippen LogP) is 4.48. The van der Waals surface area contributed by atoms with Crippen LogP contribution in [0.1, 0.15) is 0 Å². The number of carbonyl (C=O) groups excluding carboxylic acids is 1. The van der Waals surface area contributed by atoms with Crippen molar-refractivity contribution in [3.63, 3.8) is 0 Å². The van der Waals surface area contributed by atoms with Crippen molar-refractivity contribution in [1.82, 2.24) is 0 Å². The van der Waals surface area contributed by atoms with Gasteiger partial charge < -0.3 is 10.6 Å². The van der Waals surface area contributed by atoms with E-state index in [0.717, 1.165) is 4.47 Å². The smallest absolute Gasteiger partial charge is 0.283 e. The molecule has 0 aliphatic heterocycles. The van der Waals surface area contributed by atoms with Crippen LogP contribution in [0.4, 0.5) is 11.4 Å². The summed E-state index contributed by atoms with van der Waals surface area (Å²) >= 11 is 14.2. The number of hydrogen-bond donors (Lipinski definition) is 2. The summed E-state index contributed by atoms with van der Waals surface area (Å²) in [5.41, 5.74) is 1.39. The second-order valence-electron chi connectivity index (χ2n) is 3.92. The summed E-state index contributed by atoms with van der Waals surface area (Å²) in [5, 5.41) is 6.19. The zero-order chi connectivity index (χ0) is 14.5. The van der Waals surface area contributed by atoms with Crippen LogP contribution < -0.4 is 10.6 Å². The third-order valence-corrected chi connectivity index (χ3v) is 3.48. The lowest BCUT2D eigenvalue weighted by Crippen LogP contribution is -2.27. The minimum Gasteiger partial charge on any atom is -0.342 e. The molecule has 0 saturated heterocycles. The van der Waals surface area contributed by atoms with Crippen LogP contribution in [0.25, 0.3) is 0 Å². The first-order chi connectivity index (χ1) is 9.54. The van der Waals surface area contributed by atoms with Gasteiger partial charge in [0.2, 0.25) is 0 Å². The molecule has 3 nitrogen and oxygen atoms in total. The lowest BCUT2D eigenvalue weighted by atomic mass is 10.3. The number of halogens is 2. The van der Waals surface area contributed by atoms with Gasteiger partial charge in [0.05, 0.1) is 0 Å². The summed E-state index contributed by atoms with van der Waals surface area (Å²) in [4.78, 5) is 12.0. The number of thiocarbonyl (C=S) groups is 1. The van der Waals surface area contributed by atoms with E-state index < -0.39 is 0 Å². The van der Waals surface area contributed by atoms with E-state index in [1.807, 2.05) is 12.1 Å². The molecule has 2 aromatic rings. The number of carbonyl (C=O) groups is 1. The molecule has 2 rings (SSSR count). The first-order valence-corrected chi connectivity index (χ1v) is 7.26. The van der Waals surface area contributed by atoms with Crippen molar-refractivity contribution >= 4 is 62.0 Å². The molecule has 0 atom stereocenters. The Morgan fingerprint density at radius 3 is 2.05 bits per heavy atom. The summed E-state index contributed by atoms with van der Waals surface area (Å²) in [5.74, 6) is -0.364. The molecule has 0 unspecified atom stereocenters. The second kappa shape index (κ2) is 6.83. The molecule has 0 aromatic heterocycles. The quantitative estimate of drug-likeness (QED) is 0.767. The Balaban J connectivity index is 1.96. The second-order valence-corrected chi connectivity index (χ2v) is 5.68. The lowest BCUT2D eigenvalue weighted by Gasteiger charge is -2.09. The average Bonchev–Trinajstić information content (AvgIpc) is 2.44. The van der Waals surface area contributed by atoms with Gasteiger partial charge in [-0.3, -0.25) is 4.79 Å². The SMILES string of the molecule is O=C(Nc1ccc(Br)cc1)C(=S)Nc1ccc(Cl)cc1. The number of rotatable bonds is 2. The van der Waals surface area contributed by atoms with Gasteiger partial charge >= 0.3 is 0 Å². The Morgan fingerprint density at radius 1 is 0.950 bits per heavy atom. The Bertz CT molecular complexity index is 571. The van der Waals surface area contributed by atoms with E-state index in [0.29, 0.717) is 16.4 Å². The zero-order valence-electron chi connectivity index (χ0n) is 10.2. The van der Waals surface area contributed by atoms with Crippen LogP contribution in [-0.4, -0.2) is 10.9 Å². The van der Waals surface area contributed by atoms with Gasteiger partial charge in [-0.1, -0.05) is 39.7 Å². The van der Waals surface area contributed by atoms with E-state index in [1.54, 1.807) is 36.4 Å². The van der Waals surface area contributed by atoms with Gasteiger partial charge in [0, 0.05) is 20.9 Å². The number of amides is 1. The minimum atomic E-state index is -0.364. The third-order valence-electron chi connectivity index (χ3n) is 2.41. The molecule has 102 valence electrons. The van der Waals surface area contributed by atoms with Crippen molar-refractivity contribution in [2.24, 2.45) is 0 Å². The Kier molecular flexibility index (Phi) is 5.11. The topological polar surface area (TPSA) is 41.1 Å². The average molecular weight is 370 g/mol. The van der Waals surface area contributed by atoms with E-state index in [-0.39, 0.29) is 10.9 Å². The lowest BCUT2D eigenvalue weighted by molar-refractivity contribution is -0.110. The van der Waals surface area contributed by atoms with E-state index in [2.05, 4.69) is 26.6 Å². The van der Waals surface area contributed by atoms with Crippen molar-refractivity contribution in [1.29, 1.82) is 0 Å². The fourth-order valence-corrected chi connectivity index (χ4v) is 2.00. The van der Waals surface area contributed by atoms with E-state index in [4.69, 9.17) is 23.8 Å². The molecular weight excluding hydrogens is 360 g/mol. The molecule has 0 bridgehead atoms. The van der Waals surface area contributed by atoms with Gasteiger partial charge in [-0.15, -0.1) is 0 Å². The summed E-state index contributed by atoms with van der Waals surface area (Å²) in [7, 11) is 0. The molecular formula is C14H10BrClN2OS. The molecule has 0 spiro atoms.